The summed E-state index contributed by atoms with van der Waals surface area (Å²) in [5.74, 6) is 0.650. The molecule has 0 aliphatic heterocycles. The fourth-order valence-corrected chi connectivity index (χ4v) is 3.44. The number of carbonyl (C=O) groups excluding carboxylic acids is 1. The minimum absolute atomic E-state index is 0.167. The second kappa shape index (κ2) is 10.3. The van der Waals surface area contributed by atoms with Gasteiger partial charge in [-0.3, -0.25) is 9.48 Å². The maximum atomic E-state index is 12.4. The molecule has 0 unspecified atom stereocenters. The summed E-state index contributed by atoms with van der Waals surface area (Å²) in [6.45, 7) is 6.84. The molecule has 0 aliphatic rings. The SMILES string of the molecule is CCOc1ccc(Cn2cc(NC(=O)Cn3nc([N+](=O)[O-])c(Br)c3C)cn2)cc1OCC. The number of nitrogens with zero attached hydrogens (tertiary/aromatic N) is 5. The summed E-state index contributed by atoms with van der Waals surface area (Å²) in [6, 6.07) is 5.69. The normalized spacial score (nSPS) is 10.8. The molecule has 0 saturated carbocycles. The molecule has 1 aromatic carbocycles. The van der Waals surface area contributed by atoms with Crippen molar-refractivity contribution in [3.63, 3.8) is 0 Å². The second-order valence-corrected chi connectivity index (χ2v) is 7.55. The van der Waals surface area contributed by atoms with Crippen molar-refractivity contribution >= 4 is 33.3 Å². The van der Waals surface area contributed by atoms with Crippen LogP contribution >= 0.6 is 15.9 Å². The molecule has 170 valence electrons. The van der Waals surface area contributed by atoms with Gasteiger partial charge in [-0.05, 0) is 59.3 Å². The molecule has 2 heterocycles. The van der Waals surface area contributed by atoms with Crippen LogP contribution in [0.1, 0.15) is 25.1 Å². The molecular weight excluding hydrogens is 484 g/mol. The van der Waals surface area contributed by atoms with Gasteiger partial charge in [-0.2, -0.15) is 9.78 Å². The van der Waals surface area contributed by atoms with Gasteiger partial charge in [0.2, 0.25) is 5.91 Å². The van der Waals surface area contributed by atoms with Gasteiger partial charge in [-0.25, -0.2) is 0 Å². The molecule has 11 nitrogen and oxygen atoms in total. The molecule has 1 N–H and O–H groups in total. The van der Waals surface area contributed by atoms with E-state index in [0.29, 0.717) is 42.6 Å². The van der Waals surface area contributed by atoms with Gasteiger partial charge in [0.15, 0.2) is 11.5 Å². The number of benzene rings is 1. The molecule has 1 amide bonds. The van der Waals surface area contributed by atoms with E-state index in [0.717, 1.165) is 5.56 Å². The van der Waals surface area contributed by atoms with Gasteiger partial charge in [0.25, 0.3) is 0 Å². The highest BCUT2D eigenvalue weighted by atomic mass is 79.9. The Morgan fingerprint density at radius 2 is 1.97 bits per heavy atom. The van der Waals surface area contributed by atoms with Crippen LogP contribution in [0, 0.1) is 17.0 Å². The zero-order valence-electron chi connectivity index (χ0n) is 17.9. The van der Waals surface area contributed by atoms with Gasteiger partial charge >= 0.3 is 5.82 Å². The quantitative estimate of drug-likeness (QED) is 0.329. The molecule has 0 atom stereocenters. The topological polar surface area (TPSA) is 126 Å². The Bertz CT molecular complexity index is 1130. The van der Waals surface area contributed by atoms with E-state index in [-0.39, 0.29) is 22.7 Å². The molecule has 0 bridgehead atoms. The van der Waals surface area contributed by atoms with Crippen molar-refractivity contribution in [2.75, 3.05) is 18.5 Å². The van der Waals surface area contributed by atoms with E-state index in [4.69, 9.17) is 9.47 Å². The average Bonchev–Trinajstić information content (AvgIpc) is 3.29. The van der Waals surface area contributed by atoms with Crippen LogP contribution in [0.4, 0.5) is 11.5 Å². The van der Waals surface area contributed by atoms with Gasteiger partial charge in [0.1, 0.15) is 11.0 Å². The average molecular weight is 507 g/mol. The Morgan fingerprint density at radius 1 is 1.25 bits per heavy atom. The van der Waals surface area contributed by atoms with E-state index < -0.39 is 4.92 Å². The molecule has 0 fully saturated rings. The van der Waals surface area contributed by atoms with Gasteiger partial charge in [0, 0.05) is 6.20 Å². The third-order valence-electron chi connectivity index (χ3n) is 4.45. The van der Waals surface area contributed by atoms with E-state index in [1.807, 2.05) is 32.0 Å². The Hall–Kier alpha value is -3.41. The van der Waals surface area contributed by atoms with Crippen LogP contribution in [0.2, 0.25) is 0 Å². The highest BCUT2D eigenvalue weighted by Gasteiger charge is 2.24. The van der Waals surface area contributed by atoms with Crippen LogP contribution in [-0.2, 0) is 17.9 Å². The van der Waals surface area contributed by atoms with Crippen molar-refractivity contribution in [2.45, 2.75) is 33.9 Å². The van der Waals surface area contributed by atoms with E-state index in [9.17, 15) is 14.9 Å². The maximum absolute atomic E-state index is 12.4. The summed E-state index contributed by atoms with van der Waals surface area (Å²) in [5, 5.41) is 21.9. The number of anilines is 1. The van der Waals surface area contributed by atoms with Crippen molar-refractivity contribution in [3.8, 4) is 11.5 Å². The summed E-state index contributed by atoms with van der Waals surface area (Å²) in [7, 11) is 0. The van der Waals surface area contributed by atoms with Crippen molar-refractivity contribution in [2.24, 2.45) is 0 Å². The summed E-state index contributed by atoms with van der Waals surface area (Å²) in [5.41, 5.74) is 1.95. The summed E-state index contributed by atoms with van der Waals surface area (Å²) >= 11 is 3.13. The van der Waals surface area contributed by atoms with Crippen molar-refractivity contribution in [1.82, 2.24) is 19.6 Å². The highest BCUT2D eigenvalue weighted by Crippen LogP contribution is 2.29. The number of hydrogen-bond acceptors (Lipinski definition) is 7. The lowest BCUT2D eigenvalue weighted by Gasteiger charge is -2.12. The zero-order valence-corrected chi connectivity index (χ0v) is 19.5. The molecular formula is C20H23BrN6O5. The third kappa shape index (κ3) is 5.44. The highest BCUT2D eigenvalue weighted by molar-refractivity contribution is 9.10. The number of nitrogens with one attached hydrogen (secondary N) is 1. The first-order valence-electron chi connectivity index (χ1n) is 9.90. The van der Waals surface area contributed by atoms with Gasteiger partial charge in [-0.15, -0.1) is 0 Å². The van der Waals surface area contributed by atoms with Crippen LogP contribution < -0.4 is 14.8 Å². The van der Waals surface area contributed by atoms with Gasteiger partial charge < -0.3 is 24.9 Å². The number of amides is 1. The number of rotatable bonds is 10. The Labute approximate surface area is 192 Å². The van der Waals surface area contributed by atoms with Gasteiger partial charge in [0.05, 0.1) is 42.4 Å². The second-order valence-electron chi connectivity index (χ2n) is 6.76. The lowest BCUT2D eigenvalue weighted by Crippen LogP contribution is -2.20. The largest absolute Gasteiger partial charge is 0.490 e. The first-order valence-corrected chi connectivity index (χ1v) is 10.7. The molecule has 32 heavy (non-hydrogen) atoms. The lowest BCUT2D eigenvalue weighted by molar-refractivity contribution is -0.390. The lowest BCUT2D eigenvalue weighted by atomic mass is 10.2. The van der Waals surface area contributed by atoms with E-state index in [1.54, 1.807) is 17.8 Å². The Morgan fingerprint density at radius 3 is 2.62 bits per heavy atom. The fraction of sp³-hybridized carbons (Fsp3) is 0.350. The number of halogens is 1. The van der Waals surface area contributed by atoms with Crippen molar-refractivity contribution in [3.05, 3.63) is 56.4 Å². The van der Waals surface area contributed by atoms with Crippen molar-refractivity contribution < 1.29 is 19.2 Å². The van der Waals surface area contributed by atoms with E-state index in [1.165, 1.54) is 10.9 Å². The summed E-state index contributed by atoms with van der Waals surface area (Å²) in [4.78, 5) is 22.8. The van der Waals surface area contributed by atoms with Crippen LogP contribution in [0.25, 0.3) is 0 Å². The smallest absolute Gasteiger partial charge is 0.404 e. The fourth-order valence-electron chi connectivity index (χ4n) is 3.01. The van der Waals surface area contributed by atoms with E-state index >= 15 is 0 Å². The van der Waals surface area contributed by atoms with Crippen LogP contribution in [0.15, 0.2) is 35.1 Å². The minimum atomic E-state index is -0.604. The van der Waals surface area contributed by atoms with E-state index in [2.05, 4.69) is 31.4 Å². The van der Waals surface area contributed by atoms with Crippen molar-refractivity contribution in [1.29, 1.82) is 0 Å². The van der Waals surface area contributed by atoms with Crippen LogP contribution in [0.5, 0.6) is 11.5 Å². The Balaban J connectivity index is 1.65. The number of hydrogen-bond donors (Lipinski definition) is 1. The molecule has 12 heteroatoms. The first-order chi connectivity index (χ1) is 15.3. The first kappa shape index (κ1) is 23.3. The minimum Gasteiger partial charge on any atom is -0.490 e. The monoisotopic (exact) mass is 506 g/mol. The molecule has 2 aromatic heterocycles. The third-order valence-corrected chi connectivity index (χ3v) is 5.38. The Kier molecular flexibility index (Phi) is 7.46. The van der Waals surface area contributed by atoms with Crippen LogP contribution in [-0.4, -0.2) is 43.6 Å². The predicted octanol–water partition coefficient (Wildman–Crippen LogP) is 3.54. The maximum Gasteiger partial charge on any atom is 0.404 e. The molecule has 0 radical (unpaired) electrons. The number of aromatic nitrogens is 4. The summed E-state index contributed by atoms with van der Waals surface area (Å²) < 4.78 is 14.4. The molecule has 3 rings (SSSR count). The number of nitro groups is 1. The number of carbonyl (C=O) groups is 1. The molecule has 0 saturated heterocycles. The molecule has 3 aromatic rings. The predicted molar refractivity (Wildman–Crippen MR) is 120 cm³/mol. The zero-order chi connectivity index (χ0) is 23.3. The number of ether oxygens (including phenoxy) is 2. The van der Waals surface area contributed by atoms with Crippen LogP contribution in [0.3, 0.4) is 0 Å². The summed E-state index contributed by atoms with van der Waals surface area (Å²) in [6.07, 6.45) is 3.23. The molecule has 0 spiro atoms. The molecule has 0 aliphatic carbocycles. The van der Waals surface area contributed by atoms with Gasteiger partial charge in [-0.1, -0.05) is 6.07 Å². The standard InChI is InChI=1S/C20H23BrN6O5/c1-4-31-16-7-6-14(8-17(16)32-5-2)10-25-11-15(9-22-25)23-18(28)12-26-13(3)19(21)20(24-26)27(29)30/h6-9,11H,4-5,10,12H2,1-3H3,(H,23,28).